The summed E-state index contributed by atoms with van der Waals surface area (Å²) in [5, 5.41) is 4.23. The van der Waals surface area contributed by atoms with E-state index < -0.39 is 0 Å². The second-order valence-corrected chi connectivity index (χ2v) is 6.56. The third-order valence-electron chi connectivity index (χ3n) is 4.97. The summed E-state index contributed by atoms with van der Waals surface area (Å²) in [6.45, 7) is 9.20. The first-order valence-electron chi connectivity index (χ1n) is 7.93. The van der Waals surface area contributed by atoms with Gasteiger partial charge >= 0.3 is 0 Å². The average molecular weight is 313 g/mol. The van der Waals surface area contributed by atoms with E-state index in [0.29, 0.717) is 23.2 Å². The second-order valence-electron chi connectivity index (χ2n) is 6.16. The van der Waals surface area contributed by atoms with Gasteiger partial charge in [-0.15, -0.1) is 0 Å². The van der Waals surface area contributed by atoms with Crippen molar-refractivity contribution in [2.45, 2.75) is 58.2 Å². The molecule has 118 valence electrons. The summed E-state index contributed by atoms with van der Waals surface area (Å²) in [4.78, 5) is 2.37. The standard InChI is InChI=1S/C17H26ClFN2/c1-4-17(5-2)12-21(13(3)9-10-20-17)11-14-15(18)7-6-8-16(14)19/h6-8,13,20H,4-5,9-12H2,1-3H3. The molecule has 0 saturated carbocycles. The first kappa shape index (κ1) is 16.7. The number of hydrogen-bond acceptors (Lipinski definition) is 2. The van der Waals surface area contributed by atoms with Crippen molar-refractivity contribution in [1.29, 1.82) is 0 Å². The molecule has 4 heteroatoms. The minimum atomic E-state index is -0.203. The van der Waals surface area contributed by atoms with Crippen molar-refractivity contribution in [1.82, 2.24) is 10.2 Å². The van der Waals surface area contributed by atoms with Gasteiger partial charge in [0.2, 0.25) is 0 Å². The van der Waals surface area contributed by atoms with Crippen LogP contribution in [0.5, 0.6) is 0 Å². The van der Waals surface area contributed by atoms with Gasteiger partial charge in [0, 0.05) is 35.3 Å². The van der Waals surface area contributed by atoms with Crippen LogP contribution in [0.25, 0.3) is 0 Å². The lowest BCUT2D eigenvalue weighted by Gasteiger charge is -2.37. The number of nitrogens with zero attached hydrogens (tertiary/aromatic N) is 1. The number of benzene rings is 1. The Balaban J connectivity index is 2.23. The minimum absolute atomic E-state index is 0.127. The van der Waals surface area contributed by atoms with E-state index >= 15 is 0 Å². The Hall–Kier alpha value is -0.640. The maximum Gasteiger partial charge on any atom is 0.129 e. The highest BCUT2D eigenvalue weighted by Gasteiger charge is 2.33. The molecule has 1 saturated heterocycles. The van der Waals surface area contributed by atoms with Gasteiger partial charge in [-0.2, -0.15) is 0 Å². The van der Waals surface area contributed by atoms with Gasteiger partial charge in [-0.25, -0.2) is 4.39 Å². The Kier molecular flexibility index (Phi) is 5.64. The van der Waals surface area contributed by atoms with Crippen LogP contribution in [0, 0.1) is 5.82 Å². The molecule has 1 N–H and O–H groups in total. The van der Waals surface area contributed by atoms with Crippen LogP contribution in [-0.4, -0.2) is 29.6 Å². The Morgan fingerprint density at radius 1 is 1.38 bits per heavy atom. The van der Waals surface area contributed by atoms with Crippen LogP contribution < -0.4 is 5.32 Å². The van der Waals surface area contributed by atoms with Crippen LogP contribution in [0.4, 0.5) is 4.39 Å². The van der Waals surface area contributed by atoms with Crippen molar-refractivity contribution < 1.29 is 4.39 Å². The van der Waals surface area contributed by atoms with Crippen molar-refractivity contribution >= 4 is 11.6 Å². The fraction of sp³-hybridized carbons (Fsp3) is 0.647. The molecule has 2 rings (SSSR count). The number of halogens is 2. The van der Waals surface area contributed by atoms with E-state index in [9.17, 15) is 4.39 Å². The number of rotatable bonds is 4. The van der Waals surface area contributed by atoms with Crippen LogP contribution in [-0.2, 0) is 6.54 Å². The molecule has 0 aliphatic carbocycles. The molecule has 1 aromatic carbocycles. The fourth-order valence-corrected chi connectivity index (χ4v) is 3.37. The van der Waals surface area contributed by atoms with Gasteiger partial charge in [0.1, 0.15) is 5.82 Å². The summed E-state index contributed by atoms with van der Waals surface area (Å²) in [7, 11) is 0. The summed E-state index contributed by atoms with van der Waals surface area (Å²) >= 11 is 6.19. The Bertz CT molecular complexity index is 454. The number of nitrogens with one attached hydrogen (secondary N) is 1. The molecule has 1 fully saturated rings. The normalized spacial score (nSPS) is 23.0. The molecular weight excluding hydrogens is 287 g/mol. The molecule has 1 aromatic rings. The quantitative estimate of drug-likeness (QED) is 0.895. The minimum Gasteiger partial charge on any atom is -0.310 e. The van der Waals surface area contributed by atoms with E-state index in [1.54, 1.807) is 12.1 Å². The van der Waals surface area contributed by atoms with Crippen LogP contribution >= 0.6 is 11.6 Å². The number of hydrogen-bond donors (Lipinski definition) is 1. The SMILES string of the molecule is CCC1(CC)CN(Cc2c(F)cccc2Cl)C(C)CCN1. The lowest BCUT2D eigenvalue weighted by atomic mass is 9.92. The van der Waals surface area contributed by atoms with Crippen molar-refractivity contribution in [2.75, 3.05) is 13.1 Å². The van der Waals surface area contributed by atoms with Crippen molar-refractivity contribution in [3.05, 3.63) is 34.6 Å². The van der Waals surface area contributed by atoms with Crippen molar-refractivity contribution in [2.24, 2.45) is 0 Å². The summed E-state index contributed by atoms with van der Waals surface area (Å²) in [5.74, 6) is -0.203. The van der Waals surface area contributed by atoms with Gasteiger partial charge in [-0.1, -0.05) is 31.5 Å². The van der Waals surface area contributed by atoms with Crippen molar-refractivity contribution in [3.8, 4) is 0 Å². The first-order valence-corrected chi connectivity index (χ1v) is 8.31. The van der Waals surface area contributed by atoms with Crippen LogP contribution in [0.3, 0.4) is 0 Å². The van der Waals surface area contributed by atoms with Gasteiger partial charge in [0.05, 0.1) is 0 Å². The molecule has 0 aromatic heterocycles. The molecule has 2 nitrogen and oxygen atoms in total. The highest BCUT2D eigenvalue weighted by molar-refractivity contribution is 6.31. The van der Waals surface area contributed by atoms with Crippen molar-refractivity contribution in [3.63, 3.8) is 0 Å². The maximum atomic E-state index is 14.1. The molecule has 0 spiro atoms. The highest BCUT2D eigenvalue weighted by atomic mass is 35.5. The highest BCUT2D eigenvalue weighted by Crippen LogP contribution is 2.27. The summed E-state index contributed by atoms with van der Waals surface area (Å²) in [6, 6.07) is 5.35. The third-order valence-corrected chi connectivity index (χ3v) is 5.32. The first-order chi connectivity index (χ1) is 10.0. The smallest absolute Gasteiger partial charge is 0.129 e. The molecule has 0 bridgehead atoms. The van der Waals surface area contributed by atoms with Crippen LogP contribution in [0.15, 0.2) is 18.2 Å². The molecular formula is C17H26ClFN2. The monoisotopic (exact) mass is 312 g/mol. The zero-order chi connectivity index (χ0) is 15.5. The molecule has 1 heterocycles. The van der Waals surface area contributed by atoms with Crippen LogP contribution in [0.1, 0.15) is 45.6 Å². The van der Waals surface area contributed by atoms with E-state index in [-0.39, 0.29) is 11.4 Å². The zero-order valence-corrected chi connectivity index (χ0v) is 14.0. The van der Waals surface area contributed by atoms with Gasteiger partial charge < -0.3 is 5.32 Å². The Morgan fingerprint density at radius 3 is 2.71 bits per heavy atom. The van der Waals surface area contributed by atoms with E-state index in [1.165, 1.54) is 6.07 Å². The lowest BCUT2D eigenvalue weighted by molar-refractivity contribution is 0.151. The maximum absolute atomic E-state index is 14.1. The Morgan fingerprint density at radius 2 is 2.10 bits per heavy atom. The van der Waals surface area contributed by atoms with Gasteiger partial charge in [-0.05, 0) is 44.9 Å². The predicted molar refractivity (Wildman–Crippen MR) is 87.2 cm³/mol. The molecule has 1 unspecified atom stereocenters. The molecule has 1 aliphatic heterocycles. The molecule has 1 aliphatic rings. The lowest BCUT2D eigenvalue weighted by Crippen LogP contribution is -2.51. The van der Waals surface area contributed by atoms with E-state index in [4.69, 9.17) is 11.6 Å². The largest absolute Gasteiger partial charge is 0.310 e. The molecule has 1 atom stereocenters. The van der Waals surface area contributed by atoms with E-state index in [0.717, 1.165) is 32.4 Å². The summed E-state index contributed by atoms with van der Waals surface area (Å²) in [6.07, 6.45) is 3.24. The van der Waals surface area contributed by atoms with E-state index in [1.807, 2.05) is 0 Å². The summed E-state index contributed by atoms with van der Waals surface area (Å²) in [5.41, 5.74) is 0.747. The second kappa shape index (κ2) is 7.08. The molecule has 0 amide bonds. The topological polar surface area (TPSA) is 15.3 Å². The third kappa shape index (κ3) is 3.77. The Labute approximate surface area is 132 Å². The molecule has 21 heavy (non-hydrogen) atoms. The summed E-state index contributed by atoms with van der Waals surface area (Å²) < 4.78 is 14.1. The molecule has 0 radical (unpaired) electrons. The zero-order valence-electron chi connectivity index (χ0n) is 13.3. The van der Waals surface area contributed by atoms with E-state index in [2.05, 4.69) is 31.0 Å². The van der Waals surface area contributed by atoms with Gasteiger partial charge in [0.15, 0.2) is 0 Å². The van der Waals surface area contributed by atoms with Gasteiger partial charge in [0.25, 0.3) is 0 Å². The predicted octanol–water partition coefficient (Wildman–Crippen LogP) is 4.22. The van der Waals surface area contributed by atoms with Gasteiger partial charge in [-0.3, -0.25) is 4.90 Å². The average Bonchev–Trinajstić information content (AvgIpc) is 2.63. The fourth-order valence-electron chi connectivity index (χ4n) is 3.15. The van der Waals surface area contributed by atoms with Crippen LogP contribution in [0.2, 0.25) is 5.02 Å².